The van der Waals surface area contributed by atoms with Gasteiger partial charge in [-0.05, 0) is 66.2 Å². The van der Waals surface area contributed by atoms with Gasteiger partial charge in [0.25, 0.3) is 0 Å². The Morgan fingerprint density at radius 3 is 2.56 bits per heavy atom. The summed E-state index contributed by atoms with van der Waals surface area (Å²) in [5.74, 6) is 2.05. The number of methoxy groups -OCH3 is 1. The number of aliphatic hydroxyl groups is 1. The minimum absolute atomic E-state index is 0.680. The first kappa shape index (κ1) is 13.7. The monoisotopic (exact) mass is 314 g/mol. The van der Waals surface area contributed by atoms with Crippen LogP contribution in [-0.2, 0) is 5.60 Å². The molecule has 0 aliphatic heterocycles. The molecule has 2 rings (SSSR count). The van der Waals surface area contributed by atoms with E-state index in [4.69, 9.17) is 9.47 Å². The van der Waals surface area contributed by atoms with Crippen LogP contribution in [0.4, 0.5) is 0 Å². The molecule has 100 valence electrons. The van der Waals surface area contributed by atoms with Crippen LogP contribution in [0.25, 0.3) is 0 Å². The van der Waals surface area contributed by atoms with Crippen molar-refractivity contribution in [3.05, 3.63) is 22.2 Å². The minimum Gasteiger partial charge on any atom is -0.492 e. The summed E-state index contributed by atoms with van der Waals surface area (Å²) in [5.41, 5.74) is -0.0899. The average Bonchev–Trinajstić information content (AvgIpc) is 3.08. The lowest BCUT2D eigenvalue weighted by molar-refractivity contribution is 0.0780. The molecule has 0 aromatic heterocycles. The molecule has 1 aromatic carbocycles. The third-order valence-corrected chi connectivity index (χ3v) is 3.68. The summed E-state index contributed by atoms with van der Waals surface area (Å²) in [5, 5.41) is 10.1. The van der Waals surface area contributed by atoms with E-state index in [1.807, 2.05) is 12.1 Å². The van der Waals surface area contributed by atoms with Crippen LogP contribution in [0.2, 0.25) is 0 Å². The van der Waals surface area contributed by atoms with Crippen LogP contribution in [0.5, 0.6) is 11.5 Å². The van der Waals surface area contributed by atoms with Gasteiger partial charge < -0.3 is 14.6 Å². The second kappa shape index (κ2) is 5.10. The van der Waals surface area contributed by atoms with Crippen LogP contribution >= 0.6 is 15.9 Å². The van der Waals surface area contributed by atoms with Crippen LogP contribution in [-0.4, -0.2) is 18.8 Å². The van der Waals surface area contributed by atoms with Crippen LogP contribution in [0.3, 0.4) is 0 Å². The standard InChI is InChI=1S/C14H19BrO3/c1-14(2,16)10-6-11(15)13(17-3)12(7-10)18-8-9-4-5-9/h6-7,9,16H,4-5,8H2,1-3H3. The van der Waals surface area contributed by atoms with E-state index >= 15 is 0 Å². The highest BCUT2D eigenvalue weighted by Crippen LogP contribution is 2.40. The van der Waals surface area contributed by atoms with Gasteiger partial charge in [-0.25, -0.2) is 0 Å². The Bertz CT molecular complexity index is 433. The predicted molar refractivity (Wildman–Crippen MR) is 74.2 cm³/mol. The first-order valence-corrected chi connectivity index (χ1v) is 6.94. The highest BCUT2D eigenvalue weighted by atomic mass is 79.9. The molecule has 1 aromatic rings. The number of benzene rings is 1. The molecule has 1 fully saturated rings. The van der Waals surface area contributed by atoms with Crippen molar-refractivity contribution in [2.75, 3.05) is 13.7 Å². The fraction of sp³-hybridized carbons (Fsp3) is 0.571. The van der Waals surface area contributed by atoms with Crippen molar-refractivity contribution in [1.82, 2.24) is 0 Å². The van der Waals surface area contributed by atoms with E-state index in [0.29, 0.717) is 17.4 Å². The van der Waals surface area contributed by atoms with Gasteiger partial charge in [0.15, 0.2) is 11.5 Å². The van der Waals surface area contributed by atoms with E-state index < -0.39 is 5.60 Å². The minimum atomic E-state index is -0.896. The molecule has 1 saturated carbocycles. The van der Waals surface area contributed by atoms with Crippen molar-refractivity contribution in [1.29, 1.82) is 0 Å². The van der Waals surface area contributed by atoms with Gasteiger partial charge in [0.1, 0.15) is 0 Å². The molecule has 0 bridgehead atoms. The number of halogens is 1. The maximum atomic E-state index is 10.1. The van der Waals surface area contributed by atoms with Crippen LogP contribution in [0, 0.1) is 5.92 Å². The van der Waals surface area contributed by atoms with Crippen LogP contribution < -0.4 is 9.47 Å². The van der Waals surface area contributed by atoms with Crippen molar-refractivity contribution >= 4 is 15.9 Å². The summed E-state index contributed by atoms with van der Waals surface area (Å²) < 4.78 is 11.9. The Hall–Kier alpha value is -0.740. The first-order chi connectivity index (χ1) is 8.41. The number of hydrogen-bond acceptors (Lipinski definition) is 3. The Morgan fingerprint density at radius 1 is 1.39 bits per heavy atom. The van der Waals surface area contributed by atoms with Gasteiger partial charge in [0.2, 0.25) is 0 Å². The molecule has 1 aliphatic rings. The molecule has 1 N–H and O–H groups in total. The Morgan fingerprint density at radius 2 is 2.06 bits per heavy atom. The topological polar surface area (TPSA) is 38.7 Å². The van der Waals surface area contributed by atoms with E-state index in [1.54, 1.807) is 21.0 Å². The summed E-state index contributed by atoms with van der Waals surface area (Å²) >= 11 is 3.46. The Balaban J connectivity index is 2.29. The summed E-state index contributed by atoms with van der Waals surface area (Å²) in [6, 6.07) is 3.72. The first-order valence-electron chi connectivity index (χ1n) is 6.15. The number of rotatable bonds is 5. The summed E-state index contributed by atoms with van der Waals surface area (Å²) in [6.45, 7) is 4.23. The Labute approximate surface area is 116 Å². The van der Waals surface area contributed by atoms with Gasteiger partial charge in [0.05, 0.1) is 23.8 Å². The average molecular weight is 315 g/mol. The molecular weight excluding hydrogens is 296 g/mol. The van der Waals surface area contributed by atoms with Gasteiger partial charge in [-0.3, -0.25) is 0 Å². The van der Waals surface area contributed by atoms with Crippen LogP contribution in [0.1, 0.15) is 32.3 Å². The zero-order valence-electron chi connectivity index (χ0n) is 11.0. The van der Waals surface area contributed by atoms with E-state index in [1.165, 1.54) is 12.8 Å². The molecular formula is C14H19BrO3. The molecule has 0 atom stereocenters. The van der Waals surface area contributed by atoms with Crippen LogP contribution in [0.15, 0.2) is 16.6 Å². The fourth-order valence-corrected chi connectivity index (χ4v) is 2.32. The smallest absolute Gasteiger partial charge is 0.174 e. The zero-order chi connectivity index (χ0) is 13.3. The molecule has 0 radical (unpaired) electrons. The third-order valence-electron chi connectivity index (χ3n) is 3.09. The molecule has 4 heteroatoms. The quantitative estimate of drug-likeness (QED) is 0.904. The fourth-order valence-electron chi connectivity index (χ4n) is 1.72. The highest BCUT2D eigenvalue weighted by molar-refractivity contribution is 9.10. The maximum Gasteiger partial charge on any atom is 0.174 e. The molecule has 1 aliphatic carbocycles. The molecule has 0 amide bonds. The van der Waals surface area contributed by atoms with Crippen molar-refractivity contribution in [2.45, 2.75) is 32.3 Å². The number of ether oxygens (including phenoxy) is 2. The molecule has 0 heterocycles. The number of hydrogen-bond donors (Lipinski definition) is 1. The van der Waals surface area contributed by atoms with Gasteiger partial charge in [0, 0.05) is 0 Å². The van der Waals surface area contributed by atoms with Crippen molar-refractivity contribution in [2.24, 2.45) is 5.92 Å². The lowest BCUT2D eigenvalue weighted by Crippen LogP contribution is -2.16. The Kier molecular flexibility index (Phi) is 3.87. The van der Waals surface area contributed by atoms with E-state index in [2.05, 4.69) is 15.9 Å². The molecule has 3 nitrogen and oxygen atoms in total. The van der Waals surface area contributed by atoms with E-state index in [-0.39, 0.29) is 0 Å². The molecule has 0 unspecified atom stereocenters. The summed E-state index contributed by atoms with van der Waals surface area (Å²) in [4.78, 5) is 0. The van der Waals surface area contributed by atoms with Crippen molar-refractivity contribution in [3.63, 3.8) is 0 Å². The lowest BCUT2D eigenvalue weighted by Gasteiger charge is -2.21. The van der Waals surface area contributed by atoms with Gasteiger partial charge in [-0.1, -0.05) is 0 Å². The van der Waals surface area contributed by atoms with E-state index in [9.17, 15) is 5.11 Å². The molecule has 18 heavy (non-hydrogen) atoms. The summed E-state index contributed by atoms with van der Waals surface area (Å²) in [7, 11) is 1.62. The van der Waals surface area contributed by atoms with Crippen molar-refractivity contribution < 1.29 is 14.6 Å². The maximum absolute atomic E-state index is 10.1. The van der Waals surface area contributed by atoms with Gasteiger partial charge in [-0.2, -0.15) is 0 Å². The second-order valence-corrected chi connectivity index (χ2v) is 6.16. The largest absolute Gasteiger partial charge is 0.492 e. The molecule has 0 saturated heterocycles. The predicted octanol–water partition coefficient (Wildman–Crippen LogP) is 3.47. The second-order valence-electron chi connectivity index (χ2n) is 5.30. The van der Waals surface area contributed by atoms with Gasteiger partial charge in [-0.15, -0.1) is 0 Å². The molecule has 0 spiro atoms. The van der Waals surface area contributed by atoms with Crippen molar-refractivity contribution in [3.8, 4) is 11.5 Å². The third kappa shape index (κ3) is 3.18. The SMILES string of the molecule is COc1c(Br)cc(C(C)(C)O)cc1OCC1CC1. The van der Waals surface area contributed by atoms with Gasteiger partial charge >= 0.3 is 0 Å². The lowest BCUT2D eigenvalue weighted by atomic mass is 9.98. The normalized spacial score (nSPS) is 15.6. The highest BCUT2D eigenvalue weighted by Gasteiger charge is 2.25. The zero-order valence-corrected chi connectivity index (χ0v) is 12.6. The summed E-state index contributed by atoms with van der Waals surface area (Å²) in [6.07, 6.45) is 2.49. The van der Waals surface area contributed by atoms with E-state index in [0.717, 1.165) is 16.6 Å².